The largest absolute Gasteiger partial charge is 0.758 e. The molecule has 0 bridgehead atoms. The topological polar surface area (TPSA) is 108 Å². The Morgan fingerprint density at radius 3 is 2.42 bits per heavy atom. The Bertz CT molecular complexity index is 1100. The molecule has 1 aliphatic carbocycles. The number of hydroxylamine groups is 1. The van der Waals surface area contributed by atoms with E-state index in [0.717, 1.165) is 11.3 Å². The lowest BCUT2D eigenvalue weighted by atomic mass is 10.1. The van der Waals surface area contributed by atoms with Crippen LogP contribution >= 0.6 is 0 Å². The van der Waals surface area contributed by atoms with E-state index in [0.29, 0.717) is 41.8 Å². The minimum Gasteiger partial charge on any atom is -0.758 e. The number of methoxy groups -OCH3 is 1. The Kier molecular flexibility index (Phi) is 6.78. The summed E-state index contributed by atoms with van der Waals surface area (Å²) < 4.78 is 37.6. The summed E-state index contributed by atoms with van der Waals surface area (Å²) in [5.74, 6) is 1.12. The van der Waals surface area contributed by atoms with Gasteiger partial charge in [0.2, 0.25) is 5.91 Å². The average molecular weight is 476 g/mol. The molecule has 178 valence electrons. The van der Waals surface area contributed by atoms with E-state index in [1.807, 2.05) is 12.1 Å². The second-order valence-electron chi connectivity index (χ2n) is 8.20. The van der Waals surface area contributed by atoms with Gasteiger partial charge in [-0.05, 0) is 55.0 Å². The van der Waals surface area contributed by atoms with Gasteiger partial charge in [0.25, 0.3) is 10.1 Å². The van der Waals surface area contributed by atoms with Crippen molar-refractivity contribution in [1.82, 2.24) is 0 Å². The molecule has 0 N–H and O–H groups in total. The summed E-state index contributed by atoms with van der Waals surface area (Å²) in [4.78, 5) is 14.6. The molecular weight excluding hydrogens is 448 g/mol. The van der Waals surface area contributed by atoms with Crippen LogP contribution in [0.15, 0.2) is 42.5 Å². The lowest BCUT2D eigenvalue weighted by Gasteiger charge is -2.36. The predicted octanol–water partition coefficient (Wildman–Crippen LogP) is 3.04. The van der Waals surface area contributed by atoms with Crippen molar-refractivity contribution in [3.63, 3.8) is 0 Å². The Morgan fingerprint density at radius 1 is 1.06 bits per heavy atom. The molecule has 2 aliphatic rings. The molecule has 4 rings (SSSR count). The average Bonchev–Trinajstić information content (AvgIpc) is 3.58. The minimum absolute atomic E-state index is 0.0121. The van der Waals surface area contributed by atoms with Gasteiger partial charge in [0.05, 0.1) is 13.4 Å². The van der Waals surface area contributed by atoms with Crippen LogP contribution in [0.1, 0.15) is 30.7 Å². The molecule has 33 heavy (non-hydrogen) atoms. The number of nitrogens with zero attached hydrogens (tertiary/aromatic N) is 2. The molecule has 9 nitrogen and oxygen atoms in total. The highest BCUT2D eigenvalue weighted by molar-refractivity contribution is 7.85. The lowest BCUT2D eigenvalue weighted by Crippen LogP contribution is -2.38. The van der Waals surface area contributed by atoms with E-state index in [1.54, 1.807) is 35.2 Å². The molecule has 2 aromatic carbocycles. The number of hydrogen-bond acceptors (Lipinski definition) is 8. The second kappa shape index (κ2) is 9.58. The Labute approximate surface area is 193 Å². The van der Waals surface area contributed by atoms with Gasteiger partial charge in [-0.1, -0.05) is 12.1 Å². The van der Waals surface area contributed by atoms with E-state index in [-0.39, 0.29) is 19.1 Å². The van der Waals surface area contributed by atoms with Crippen molar-refractivity contribution in [3.8, 4) is 11.5 Å². The molecule has 0 unspecified atom stereocenters. The molecule has 0 spiro atoms. The van der Waals surface area contributed by atoms with E-state index in [2.05, 4.69) is 4.18 Å². The molecule has 1 saturated heterocycles. The van der Waals surface area contributed by atoms with Gasteiger partial charge < -0.3 is 24.6 Å². The van der Waals surface area contributed by atoms with E-state index in [1.165, 1.54) is 25.5 Å². The zero-order valence-electron chi connectivity index (χ0n) is 18.6. The maximum absolute atomic E-state index is 13.0. The van der Waals surface area contributed by atoms with Crippen LogP contribution in [0.3, 0.4) is 0 Å². The monoisotopic (exact) mass is 475 g/mol. The van der Waals surface area contributed by atoms with Crippen LogP contribution in [-0.4, -0.2) is 53.5 Å². The molecule has 1 atom stereocenters. The van der Waals surface area contributed by atoms with Gasteiger partial charge in [0.15, 0.2) is 11.5 Å². The Balaban J connectivity index is 1.40. The number of amides is 1. The summed E-state index contributed by atoms with van der Waals surface area (Å²) in [5.41, 5.74) is 2.32. The number of hydrogen-bond donors (Lipinski definition) is 0. The van der Waals surface area contributed by atoms with Crippen LogP contribution in [0.5, 0.6) is 11.5 Å². The van der Waals surface area contributed by atoms with Gasteiger partial charge >= 0.3 is 0 Å². The quantitative estimate of drug-likeness (QED) is 0.293. The summed E-state index contributed by atoms with van der Waals surface area (Å²) in [7, 11) is -2.07. The van der Waals surface area contributed by atoms with Crippen LogP contribution in [0, 0.1) is 5.21 Å². The summed E-state index contributed by atoms with van der Waals surface area (Å²) in [6.07, 6.45) is 3.77. The van der Waals surface area contributed by atoms with Crippen LogP contribution in [0.25, 0.3) is 0 Å². The first-order valence-corrected chi connectivity index (χ1v) is 12.6. The normalized spacial score (nSPS) is 18.5. The molecule has 1 aliphatic heterocycles. The smallest absolute Gasteiger partial charge is 0.264 e. The third-order valence-electron chi connectivity index (χ3n) is 5.75. The fraction of sp³-hybridized carbons (Fsp3) is 0.435. The number of benzene rings is 2. The van der Waals surface area contributed by atoms with Gasteiger partial charge in [-0.25, -0.2) is 0 Å². The van der Waals surface area contributed by atoms with Gasteiger partial charge in [-0.3, -0.25) is 8.98 Å². The van der Waals surface area contributed by atoms with E-state index >= 15 is 0 Å². The summed E-state index contributed by atoms with van der Waals surface area (Å²) in [6.45, 7) is 0.295. The maximum Gasteiger partial charge on any atom is 0.264 e. The zero-order valence-corrected chi connectivity index (χ0v) is 19.4. The summed E-state index contributed by atoms with van der Waals surface area (Å²) >= 11 is 0. The Hall–Kier alpha value is -2.82. The minimum atomic E-state index is -3.54. The molecule has 10 heteroatoms. The standard InChI is InChI=1S/C23H27N2O7S/c1-30-22-15-19(9-10-21(22)31-13-14-32-33(2,28)29)24-12-11-20(23(24)26)25(27)18-7-5-17(6-8-18)16-3-4-16/h5-10,15-16,20H,3-4,11-14H2,1-2H3/q-1/t20-/m0/s1. The van der Waals surface area contributed by atoms with Crippen molar-refractivity contribution in [1.29, 1.82) is 0 Å². The number of carbonyl (C=O) groups excluding carboxylic acids is 1. The fourth-order valence-corrected chi connectivity index (χ4v) is 4.28. The maximum atomic E-state index is 13.0. The molecule has 1 heterocycles. The zero-order chi connectivity index (χ0) is 23.6. The van der Waals surface area contributed by atoms with Crippen LogP contribution in [0.2, 0.25) is 0 Å². The van der Waals surface area contributed by atoms with Crippen molar-refractivity contribution in [2.45, 2.75) is 31.2 Å². The third kappa shape index (κ3) is 5.58. The summed E-state index contributed by atoms with van der Waals surface area (Å²) in [5, 5.41) is 13.7. The number of rotatable bonds is 10. The molecule has 2 fully saturated rings. The lowest BCUT2D eigenvalue weighted by molar-refractivity contribution is -0.118. The van der Waals surface area contributed by atoms with E-state index in [4.69, 9.17) is 9.47 Å². The van der Waals surface area contributed by atoms with Crippen LogP contribution in [-0.2, 0) is 19.1 Å². The number of ether oxygens (including phenoxy) is 2. The SMILES string of the molecule is COc1cc(N2CC[C@H](N([O-])c3ccc(C4CC4)cc3)C2=O)ccc1OCCOS(C)(=O)=O. The van der Waals surface area contributed by atoms with Crippen molar-refractivity contribution in [2.24, 2.45) is 0 Å². The highest BCUT2D eigenvalue weighted by Gasteiger charge is 2.34. The predicted molar refractivity (Wildman–Crippen MR) is 124 cm³/mol. The number of anilines is 2. The van der Waals surface area contributed by atoms with E-state index in [9.17, 15) is 18.4 Å². The molecule has 0 radical (unpaired) electrons. The second-order valence-corrected chi connectivity index (χ2v) is 9.84. The first kappa shape index (κ1) is 23.3. The van der Waals surface area contributed by atoms with Gasteiger partial charge in [0.1, 0.15) is 19.3 Å². The van der Waals surface area contributed by atoms with Crippen molar-refractivity contribution < 1.29 is 26.9 Å². The molecule has 2 aromatic rings. The fourth-order valence-electron chi connectivity index (χ4n) is 3.91. The van der Waals surface area contributed by atoms with Crippen LogP contribution < -0.4 is 19.4 Å². The Morgan fingerprint density at radius 2 is 1.79 bits per heavy atom. The highest BCUT2D eigenvalue weighted by Crippen LogP contribution is 2.40. The van der Waals surface area contributed by atoms with Crippen molar-refractivity contribution >= 4 is 27.4 Å². The third-order valence-corrected chi connectivity index (χ3v) is 6.35. The number of carbonyl (C=O) groups is 1. The molecular formula is C23H27N2O7S-. The van der Waals surface area contributed by atoms with Gasteiger partial charge in [0, 0.05) is 24.0 Å². The van der Waals surface area contributed by atoms with E-state index < -0.39 is 16.2 Å². The molecule has 0 aromatic heterocycles. The van der Waals surface area contributed by atoms with Crippen molar-refractivity contribution in [2.75, 3.05) is 43.1 Å². The van der Waals surface area contributed by atoms with Gasteiger partial charge in [-0.2, -0.15) is 8.42 Å². The highest BCUT2D eigenvalue weighted by atomic mass is 32.2. The first-order valence-electron chi connectivity index (χ1n) is 10.8. The van der Waals surface area contributed by atoms with Crippen LogP contribution in [0.4, 0.5) is 11.4 Å². The van der Waals surface area contributed by atoms with Crippen molar-refractivity contribution in [3.05, 3.63) is 53.2 Å². The molecule has 1 saturated carbocycles. The summed E-state index contributed by atoms with van der Waals surface area (Å²) in [6, 6.07) is 11.7. The first-order chi connectivity index (χ1) is 15.8. The molecule has 1 amide bonds. The van der Waals surface area contributed by atoms with Gasteiger partial charge in [-0.15, -0.1) is 0 Å².